The van der Waals surface area contributed by atoms with E-state index in [-0.39, 0.29) is 24.9 Å². The van der Waals surface area contributed by atoms with Crippen LogP contribution in [0.15, 0.2) is 24.0 Å². The maximum atomic E-state index is 8.56. The smallest absolute Gasteiger partial charge is 0.166 e. The molecule has 4 rings (SSSR count). The van der Waals surface area contributed by atoms with Crippen molar-refractivity contribution in [2.45, 2.75) is 44.2 Å². The number of azide groups is 1. The number of rotatable bonds is 3. The van der Waals surface area contributed by atoms with Crippen LogP contribution in [0, 0.1) is 0 Å². The first-order valence-electron chi connectivity index (χ1n) is 7.23. The zero-order valence-corrected chi connectivity index (χ0v) is 12.6. The number of aromatic nitrogens is 4. The molecule has 4 heterocycles. The summed E-state index contributed by atoms with van der Waals surface area (Å²) < 4.78 is 19.7. The van der Waals surface area contributed by atoms with Crippen LogP contribution in [0.5, 0.6) is 0 Å². The molecule has 2 aliphatic rings. The maximum absolute atomic E-state index is 8.56. The molecular weight excluding hydrogens is 302 g/mol. The molecule has 10 nitrogen and oxygen atoms in total. The minimum atomic E-state index is -0.725. The van der Waals surface area contributed by atoms with Crippen molar-refractivity contribution in [2.75, 3.05) is 6.54 Å². The molecule has 120 valence electrons. The Morgan fingerprint density at radius 2 is 2.17 bits per heavy atom. The highest BCUT2D eigenvalue weighted by atomic mass is 16.8. The van der Waals surface area contributed by atoms with Crippen molar-refractivity contribution in [3.63, 3.8) is 0 Å². The van der Waals surface area contributed by atoms with E-state index in [4.69, 9.17) is 19.7 Å². The first kappa shape index (κ1) is 14.3. The van der Waals surface area contributed by atoms with E-state index in [0.717, 1.165) is 0 Å². The van der Waals surface area contributed by atoms with Crippen LogP contribution in [0.25, 0.3) is 21.6 Å². The van der Waals surface area contributed by atoms with Gasteiger partial charge in [-0.2, -0.15) is 0 Å². The average Bonchev–Trinajstić information content (AvgIpc) is 3.16. The van der Waals surface area contributed by atoms with Gasteiger partial charge in [0.25, 0.3) is 0 Å². The molecule has 0 N–H and O–H groups in total. The molecule has 0 unspecified atom stereocenters. The second-order valence-corrected chi connectivity index (χ2v) is 5.93. The molecule has 0 aromatic carbocycles. The average molecular weight is 317 g/mol. The van der Waals surface area contributed by atoms with Gasteiger partial charge < -0.3 is 14.2 Å². The molecular formula is C13H15N7O3. The fraction of sp³-hybridized carbons (Fsp3) is 0.615. The van der Waals surface area contributed by atoms with Crippen molar-refractivity contribution in [3.8, 4) is 0 Å². The highest BCUT2D eigenvalue weighted by molar-refractivity contribution is 5.69. The lowest BCUT2D eigenvalue weighted by molar-refractivity contribution is -0.195. The van der Waals surface area contributed by atoms with Crippen molar-refractivity contribution >= 4 is 11.2 Å². The van der Waals surface area contributed by atoms with Gasteiger partial charge >= 0.3 is 0 Å². The van der Waals surface area contributed by atoms with E-state index in [1.807, 2.05) is 13.8 Å². The Bertz CT molecular complexity index is 785. The predicted molar refractivity (Wildman–Crippen MR) is 77.1 cm³/mol. The van der Waals surface area contributed by atoms with Crippen LogP contribution in [-0.2, 0) is 14.2 Å². The van der Waals surface area contributed by atoms with Crippen LogP contribution < -0.4 is 0 Å². The number of fused-ring (bicyclic) bond motifs is 2. The molecule has 4 atom stereocenters. The van der Waals surface area contributed by atoms with Crippen molar-refractivity contribution in [1.82, 2.24) is 19.5 Å². The fourth-order valence-corrected chi connectivity index (χ4v) is 3.12. The highest BCUT2D eigenvalue weighted by Crippen LogP contribution is 2.43. The molecule has 23 heavy (non-hydrogen) atoms. The zero-order valence-electron chi connectivity index (χ0n) is 12.6. The summed E-state index contributed by atoms with van der Waals surface area (Å²) in [6.07, 6.45) is 3.24. The number of imidazole rings is 1. The van der Waals surface area contributed by atoms with Gasteiger partial charge in [0.2, 0.25) is 0 Å². The van der Waals surface area contributed by atoms with E-state index in [0.29, 0.717) is 11.2 Å². The van der Waals surface area contributed by atoms with Crippen LogP contribution in [0.4, 0.5) is 0 Å². The SMILES string of the molecule is CC1(C)O[C@@H]2[C@H](O1)[C@@H](CN=[N+]=[N-])O[C@H]2n1cnc2cncnc21. The summed E-state index contributed by atoms with van der Waals surface area (Å²) in [4.78, 5) is 15.3. The molecule has 2 fully saturated rings. The van der Waals surface area contributed by atoms with Gasteiger partial charge in [-0.1, -0.05) is 5.11 Å². The monoisotopic (exact) mass is 317 g/mol. The van der Waals surface area contributed by atoms with Crippen molar-refractivity contribution in [2.24, 2.45) is 5.11 Å². The van der Waals surface area contributed by atoms with Gasteiger partial charge in [0.05, 0.1) is 25.2 Å². The third-order valence-electron chi connectivity index (χ3n) is 3.96. The third kappa shape index (κ3) is 2.32. The van der Waals surface area contributed by atoms with Crippen LogP contribution in [0.2, 0.25) is 0 Å². The van der Waals surface area contributed by atoms with E-state index in [9.17, 15) is 0 Å². The Kier molecular flexibility index (Phi) is 3.20. The summed E-state index contributed by atoms with van der Waals surface area (Å²) in [5, 5.41) is 3.61. The Balaban J connectivity index is 1.72. The van der Waals surface area contributed by atoms with Crippen molar-refractivity contribution in [3.05, 3.63) is 29.3 Å². The lowest BCUT2D eigenvalue weighted by Gasteiger charge is -2.24. The van der Waals surface area contributed by atoms with Gasteiger partial charge in [0.1, 0.15) is 24.1 Å². The van der Waals surface area contributed by atoms with Crippen LogP contribution in [0.3, 0.4) is 0 Å². The molecule has 0 bridgehead atoms. The van der Waals surface area contributed by atoms with Gasteiger partial charge in [0.15, 0.2) is 17.7 Å². The van der Waals surface area contributed by atoms with Crippen molar-refractivity contribution < 1.29 is 14.2 Å². The quantitative estimate of drug-likeness (QED) is 0.481. The van der Waals surface area contributed by atoms with E-state index >= 15 is 0 Å². The van der Waals surface area contributed by atoms with Crippen LogP contribution in [0.1, 0.15) is 20.1 Å². The predicted octanol–water partition coefficient (Wildman–Crippen LogP) is 1.55. The number of ether oxygens (including phenoxy) is 3. The standard InChI is InChI=1S/C13H15N7O3/c1-13(2)22-9-8(4-18-19-14)21-12(10(9)23-13)20-6-17-7-3-15-5-16-11(7)20/h3,5-6,8-10,12H,4H2,1-2H3/t8-,9-,10-,12-/m1/s1. The summed E-state index contributed by atoms with van der Waals surface area (Å²) in [5.74, 6) is -0.725. The lowest BCUT2D eigenvalue weighted by atomic mass is 10.1. The topological polar surface area (TPSA) is 120 Å². The molecule has 2 aromatic rings. The minimum Gasteiger partial charge on any atom is -0.349 e. The molecule has 2 saturated heterocycles. The van der Waals surface area contributed by atoms with Gasteiger partial charge in [-0.05, 0) is 19.4 Å². The Morgan fingerprint density at radius 3 is 3.00 bits per heavy atom. The summed E-state index contributed by atoms with van der Waals surface area (Å²) in [6.45, 7) is 3.87. The molecule has 2 aliphatic heterocycles. The van der Waals surface area contributed by atoms with Crippen molar-refractivity contribution in [1.29, 1.82) is 0 Å². The summed E-state index contributed by atoms with van der Waals surface area (Å²) in [7, 11) is 0. The largest absolute Gasteiger partial charge is 0.349 e. The van der Waals surface area contributed by atoms with Crippen LogP contribution in [-0.4, -0.2) is 50.2 Å². The second-order valence-electron chi connectivity index (χ2n) is 5.93. The Hall–Kier alpha value is -2.26. The molecule has 0 saturated carbocycles. The lowest BCUT2D eigenvalue weighted by Crippen LogP contribution is -2.31. The van der Waals surface area contributed by atoms with E-state index < -0.39 is 12.0 Å². The molecule has 0 amide bonds. The molecule has 0 spiro atoms. The fourth-order valence-electron chi connectivity index (χ4n) is 3.12. The maximum Gasteiger partial charge on any atom is 0.166 e. The molecule has 10 heteroatoms. The summed E-state index contributed by atoms with van der Waals surface area (Å²) in [5.41, 5.74) is 9.88. The zero-order chi connectivity index (χ0) is 16.0. The van der Waals surface area contributed by atoms with Gasteiger partial charge in [-0.15, -0.1) is 0 Å². The summed E-state index contributed by atoms with van der Waals surface area (Å²) >= 11 is 0. The molecule has 0 radical (unpaired) electrons. The van der Waals surface area contributed by atoms with E-state index in [1.54, 1.807) is 17.1 Å². The summed E-state index contributed by atoms with van der Waals surface area (Å²) in [6, 6.07) is 0. The Labute approximate surface area is 131 Å². The highest BCUT2D eigenvalue weighted by Gasteiger charge is 2.55. The molecule has 0 aliphatic carbocycles. The first-order chi connectivity index (χ1) is 11.1. The van der Waals surface area contributed by atoms with Crippen LogP contribution >= 0.6 is 0 Å². The Morgan fingerprint density at radius 1 is 1.35 bits per heavy atom. The van der Waals surface area contributed by atoms with E-state index in [1.165, 1.54) is 6.33 Å². The molecule has 2 aromatic heterocycles. The number of hydrogen-bond acceptors (Lipinski definition) is 7. The number of hydrogen-bond donors (Lipinski definition) is 0. The normalized spacial score (nSPS) is 31.9. The van der Waals surface area contributed by atoms with E-state index in [2.05, 4.69) is 25.0 Å². The van der Waals surface area contributed by atoms with Gasteiger partial charge in [-0.3, -0.25) is 4.57 Å². The van der Waals surface area contributed by atoms with Gasteiger partial charge in [0, 0.05) is 4.91 Å². The third-order valence-corrected chi connectivity index (χ3v) is 3.96. The van der Waals surface area contributed by atoms with Gasteiger partial charge in [-0.25, -0.2) is 15.0 Å². The number of nitrogens with zero attached hydrogens (tertiary/aromatic N) is 7. The second kappa shape index (κ2) is 5.14. The first-order valence-corrected chi connectivity index (χ1v) is 7.23. The minimum absolute atomic E-state index is 0.176.